The molecule has 6 nitrogen and oxygen atoms in total. The van der Waals surface area contributed by atoms with E-state index in [0.717, 1.165) is 18.4 Å². The number of rotatable bonds is 7. The third-order valence-electron chi connectivity index (χ3n) is 3.25. The maximum atomic E-state index is 11.4. The number of halogens is 1. The maximum Gasteiger partial charge on any atom is 0.328 e. The molecule has 0 spiro atoms. The Balaban J connectivity index is 2.20. The molecule has 0 aliphatic heterocycles. The lowest BCUT2D eigenvalue weighted by Crippen LogP contribution is -2.22. The highest BCUT2D eigenvalue weighted by atomic mass is 35.5. The number of tetrazole rings is 1. The van der Waals surface area contributed by atoms with E-state index in [2.05, 4.69) is 15.5 Å². The van der Waals surface area contributed by atoms with Crippen LogP contribution in [0.25, 0.3) is 0 Å². The van der Waals surface area contributed by atoms with E-state index >= 15 is 0 Å². The molecule has 112 valence electrons. The SMILES string of the molecule is CCCCC(C(=O)O)n1nnnc1Cc1ccc(Cl)cc1. The second-order valence-electron chi connectivity index (χ2n) is 4.84. The number of nitrogens with zero attached hydrogens (tertiary/aromatic N) is 4. The van der Waals surface area contributed by atoms with Crippen LogP contribution in [0.15, 0.2) is 24.3 Å². The van der Waals surface area contributed by atoms with Crippen LogP contribution >= 0.6 is 11.6 Å². The minimum atomic E-state index is -0.909. The van der Waals surface area contributed by atoms with Gasteiger partial charge >= 0.3 is 5.97 Å². The first kappa shape index (κ1) is 15.4. The van der Waals surface area contributed by atoms with Crippen LogP contribution in [-0.2, 0) is 11.2 Å². The first-order chi connectivity index (χ1) is 10.1. The summed E-state index contributed by atoms with van der Waals surface area (Å²) in [5, 5.41) is 21.4. The largest absolute Gasteiger partial charge is 0.480 e. The van der Waals surface area contributed by atoms with Crippen LogP contribution in [0.2, 0.25) is 5.02 Å². The zero-order chi connectivity index (χ0) is 15.2. The summed E-state index contributed by atoms with van der Waals surface area (Å²) in [5.74, 6) is -0.367. The van der Waals surface area contributed by atoms with Crippen molar-refractivity contribution in [2.75, 3.05) is 0 Å². The molecule has 1 atom stereocenters. The molecule has 0 aliphatic rings. The molecule has 2 aromatic rings. The fourth-order valence-electron chi connectivity index (χ4n) is 2.10. The molecule has 0 radical (unpaired) electrons. The predicted molar refractivity (Wildman–Crippen MR) is 78.3 cm³/mol. The standard InChI is InChI=1S/C14H17ClN4O2/c1-2-3-4-12(14(20)21)19-13(16-17-18-19)9-10-5-7-11(15)8-6-10/h5-8,12H,2-4,9H2,1H3,(H,20,21). The van der Waals surface area contributed by atoms with Crippen molar-refractivity contribution in [2.45, 2.75) is 38.6 Å². The average molecular weight is 309 g/mol. The normalized spacial score (nSPS) is 12.3. The van der Waals surface area contributed by atoms with Crippen LogP contribution in [0, 0.1) is 0 Å². The molecular formula is C14H17ClN4O2. The first-order valence-electron chi connectivity index (χ1n) is 6.85. The van der Waals surface area contributed by atoms with E-state index in [0.29, 0.717) is 23.7 Å². The number of benzene rings is 1. The predicted octanol–water partition coefficient (Wildman–Crippen LogP) is 2.73. The van der Waals surface area contributed by atoms with E-state index in [1.54, 1.807) is 12.1 Å². The van der Waals surface area contributed by atoms with Gasteiger partial charge in [0, 0.05) is 11.4 Å². The number of hydrogen-bond acceptors (Lipinski definition) is 4. The van der Waals surface area contributed by atoms with Crippen molar-refractivity contribution in [3.8, 4) is 0 Å². The molecule has 1 N–H and O–H groups in total. The second kappa shape index (κ2) is 7.17. The van der Waals surface area contributed by atoms with Gasteiger partial charge in [-0.3, -0.25) is 0 Å². The van der Waals surface area contributed by atoms with Crippen molar-refractivity contribution in [3.63, 3.8) is 0 Å². The molecular weight excluding hydrogens is 292 g/mol. The molecule has 0 amide bonds. The van der Waals surface area contributed by atoms with E-state index < -0.39 is 12.0 Å². The van der Waals surface area contributed by atoms with E-state index in [-0.39, 0.29) is 0 Å². The van der Waals surface area contributed by atoms with Crippen LogP contribution in [0.3, 0.4) is 0 Å². The zero-order valence-corrected chi connectivity index (χ0v) is 12.5. The van der Waals surface area contributed by atoms with Crippen LogP contribution in [0.4, 0.5) is 0 Å². The van der Waals surface area contributed by atoms with Crippen molar-refractivity contribution in [1.82, 2.24) is 20.2 Å². The third kappa shape index (κ3) is 4.01. The van der Waals surface area contributed by atoms with Crippen molar-refractivity contribution >= 4 is 17.6 Å². The van der Waals surface area contributed by atoms with Crippen LogP contribution in [0.5, 0.6) is 0 Å². The molecule has 1 aromatic heterocycles. The Morgan fingerprint density at radius 3 is 2.71 bits per heavy atom. The molecule has 21 heavy (non-hydrogen) atoms. The molecule has 0 saturated heterocycles. The summed E-state index contributed by atoms with van der Waals surface area (Å²) < 4.78 is 1.41. The lowest BCUT2D eigenvalue weighted by molar-refractivity contribution is -0.141. The molecule has 0 saturated carbocycles. The minimum absolute atomic E-state index is 0.472. The summed E-state index contributed by atoms with van der Waals surface area (Å²) in [6, 6.07) is 6.61. The number of aliphatic carboxylic acids is 1. The summed E-state index contributed by atoms with van der Waals surface area (Å²) in [6.07, 6.45) is 2.74. The Morgan fingerprint density at radius 1 is 1.38 bits per heavy atom. The van der Waals surface area contributed by atoms with E-state index in [1.807, 2.05) is 19.1 Å². The van der Waals surface area contributed by atoms with Gasteiger partial charge in [-0.25, -0.2) is 9.48 Å². The number of carboxylic acid groups (broad SMARTS) is 1. The maximum absolute atomic E-state index is 11.4. The van der Waals surface area contributed by atoms with Crippen LogP contribution in [-0.4, -0.2) is 31.3 Å². The van der Waals surface area contributed by atoms with Crippen molar-refractivity contribution in [1.29, 1.82) is 0 Å². The minimum Gasteiger partial charge on any atom is -0.480 e. The summed E-state index contributed by atoms with van der Waals surface area (Å²) in [6.45, 7) is 2.02. The van der Waals surface area contributed by atoms with Crippen LogP contribution < -0.4 is 0 Å². The topological polar surface area (TPSA) is 80.9 Å². The zero-order valence-electron chi connectivity index (χ0n) is 11.7. The molecule has 1 unspecified atom stereocenters. The number of carbonyl (C=O) groups is 1. The molecule has 1 heterocycles. The van der Waals surface area contributed by atoms with Crippen molar-refractivity contribution in [2.24, 2.45) is 0 Å². The lowest BCUT2D eigenvalue weighted by Gasteiger charge is -2.13. The fraction of sp³-hybridized carbons (Fsp3) is 0.429. The van der Waals surface area contributed by atoms with Gasteiger partial charge in [-0.15, -0.1) is 5.10 Å². The highest BCUT2D eigenvalue weighted by Crippen LogP contribution is 2.18. The Bertz CT molecular complexity index is 597. The molecule has 0 bridgehead atoms. The quantitative estimate of drug-likeness (QED) is 0.850. The van der Waals surface area contributed by atoms with Gasteiger partial charge in [-0.2, -0.15) is 0 Å². The second-order valence-corrected chi connectivity index (χ2v) is 5.28. The monoisotopic (exact) mass is 308 g/mol. The Hall–Kier alpha value is -1.95. The molecule has 0 fully saturated rings. The number of aromatic nitrogens is 4. The Labute approximate surface area is 127 Å². The van der Waals surface area contributed by atoms with Crippen LogP contribution in [0.1, 0.15) is 43.6 Å². The smallest absolute Gasteiger partial charge is 0.328 e. The third-order valence-corrected chi connectivity index (χ3v) is 3.50. The number of hydrogen-bond donors (Lipinski definition) is 1. The lowest BCUT2D eigenvalue weighted by atomic mass is 10.1. The van der Waals surface area contributed by atoms with Gasteiger partial charge in [0.1, 0.15) is 0 Å². The van der Waals surface area contributed by atoms with Gasteiger partial charge < -0.3 is 5.11 Å². The summed E-state index contributed by atoms with van der Waals surface area (Å²) >= 11 is 5.85. The molecule has 2 rings (SSSR count). The van der Waals surface area contributed by atoms with E-state index in [9.17, 15) is 9.90 Å². The fourth-order valence-corrected chi connectivity index (χ4v) is 2.23. The Kier molecular flexibility index (Phi) is 5.27. The van der Waals surface area contributed by atoms with Gasteiger partial charge in [0.05, 0.1) is 0 Å². The number of unbranched alkanes of at least 4 members (excludes halogenated alkanes) is 1. The summed E-state index contributed by atoms with van der Waals surface area (Å²) in [4.78, 5) is 11.4. The summed E-state index contributed by atoms with van der Waals surface area (Å²) in [5.41, 5.74) is 0.982. The molecule has 1 aromatic carbocycles. The summed E-state index contributed by atoms with van der Waals surface area (Å²) in [7, 11) is 0. The van der Waals surface area contributed by atoms with E-state index in [4.69, 9.17) is 11.6 Å². The highest BCUT2D eigenvalue weighted by molar-refractivity contribution is 6.30. The van der Waals surface area contributed by atoms with Gasteiger partial charge in [0.25, 0.3) is 0 Å². The molecule has 0 aliphatic carbocycles. The highest BCUT2D eigenvalue weighted by Gasteiger charge is 2.23. The number of carboxylic acids is 1. The van der Waals surface area contributed by atoms with Gasteiger partial charge in [0.15, 0.2) is 11.9 Å². The average Bonchev–Trinajstić information content (AvgIpc) is 2.90. The van der Waals surface area contributed by atoms with Crippen molar-refractivity contribution in [3.05, 3.63) is 40.7 Å². The van der Waals surface area contributed by atoms with Gasteiger partial charge in [-0.1, -0.05) is 43.5 Å². The molecule has 7 heteroatoms. The van der Waals surface area contributed by atoms with Gasteiger partial charge in [-0.05, 0) is 34.5 Å². The first-order valence-corrected chi connectivity index (χ1v) is 7.23. The Morgan fingerprint density at radius 2 is 2.10 bits per heavy atom. The van der Waals surface area contributed by atoms with E-state index in [1.165, 1.54) is 4.68 Å². The van der Waals surface area contributed by atoms with Crippen molar-refractivity contribution < 1.29 is 9.90 Å². The van der Waals surface area contributed by atoms with Gasteiger partial charge in [0.2, 0.25) is 0 Å².